The molecule has 0 radical (unpaired) electrons. The molecule has 4 nitrogen and oxygen atoms in total. The normalized spacial score (nSPS) is 16.1. The van der Waals surface area contributed by atoms with E-state index in [0.29, 0.717) is 39.2 Å². The summed E-state index contributed by atoms with van der Waals surface area (Å²) in [6.45, 7) is 5.16. The predicted octanol–water partition coefficient (Wildman–Crippen LogP) is 7.83. The molecule has 1 aliphatic rings. The molecular weight excluding hydrogens is 487 g/mol. The number of nitrogens with zero attached hydrogens (tertiary/aromatic N) is 2. The van der Waals surface area contributed by atoms with Gasteiger partial charge in [-0.05, 0) is 71.8 Å². The van der Waals surface area contributed by atoms with Crippen molar-refractivity contribution < 1.29 is 9.53 Å². The summed E-state index contributed by atoms with van der Waals surface area (Å²) in [6.07, 6.45) is 1.89. The highest BCUT2D eigenvalue weighted by Crippen LogP contribution is 2.35. The quantitative estimate of drug-likeness (QED) is 0.304. The van der Waals surface area contributed by atoms with Gasteiger partial charge < -0.3 is 4.74 Å². The maximum atomic E-state index is 13.2. The van der Waals surface area contributed by atoms with E-state index in [1.165, 1.54) is 11.8 Å². The molecule has 0 N–H and O–H groups in total. The number of carbonyl (C=O) groups is 1. The minimum atomic E-state index is -0.0366. The molecule has 1 heterocycles. The Kier molecular flexibility index (Phi) is 7.99. The number of hydrogen-bond donors (Lipinski definition) is 0. The van der Waals surface area contributed by atoms with Gasteiger partial charge in [0.1, 0.15) is 12.4 Å². The number of thioether (sulfide) groups is 1. The summed E-state index contributed by atoms with van der Waals surface area (Å²) in [4.78, 5) is 20.2. The van der Waals surface area contributed by atoms with Gasteiger partial charge in [0.25, 0.3) is 5.91 Å². The molecule has 34 heavy (non-hydrogen) atoms. The second kappa shape index (κ2) is 11.1. The van der Waals surface area contributed by atoms with E-state index in [2.05, 4.69) is 13.8 Å². The van der Waals surface area contributed by atoms with Crippen LogP contribution in [-0.2, 0) is 11.4 Å². The molecule has 174 valence electrons. The second-order valence-corrected chi connectivity index (χ2v) is 10.1. The number of amides is 1. The molecule has 4 rings (SSSR count). The van der Waals surface area contributed by atoms with Crippen molar-refractivity contribution in [2.24, 2.45) is 10.9 Å². The fourth-order valence-corrected chi connectivity index (χ4v) is 4.66. The number of ether oxygens (including phenoxy) is 1. The smallest absolute Gasteiger partial charge is 0.266 e. The molecule has 0 unspecified atom stereocenters. The Morgan fingerprint density at radius 2 is 1.71 bits per heavy atom. The molecule has 3 aromatic rings. The third kappa shape index (κ3) is 6.23. The number of hydrogen-bond acceptors (Lipinski definition) is 4. The summed E-state index contributed by atoms with van der Waals surface area (Å²) in [7, 11) is 0. The first kappa shape index (κ1) is 24.4. The highest BCUT2D eigenvalue weighted by atomic mass is 35.5. The van der Waals surface area contributed by atoms with Gasteiger partial charge >= 0.3 is 0 Å². The van der Waals surface area contributed by atoms with Crippen molar-refractivity contribution in [1.29, 1.82) is 0 Å². The van der Waals surface area contributed by atoms with E-state index < -0.39 is 0 Å². The number of carbonyl (C=O) groups excluding carboxylic acids is 1. The molecule has 1 fully saturated rings. The lowest BCUT2D eigenvalue weighted by Gasteiger charge is -2.17. The van der Waals surface area contributed by atoms with Crippen LogP contribution in [0.3, 0.4) is 0 Å². The highest BCUT2D eigenvalue weighted by molar-refractivity contribution is 8.18. The highest BCUT2D eigenvalue weighted by Gasteiger charge is 2.33. The molecule has 0 aromatic heterocycles. The van der Waals surface area contributed by atoms with Crippen molar-refractivity contribution in [3.63, 3.8) is 0 Å². The van der Waals surface area contributed by atoms with Crippen LogP contribution in [0.5, 0.6) is 5.75 Å². The second-order valence-electron chi connectivity index (χ2n) is 8.24. The molecule has 0 bridgehead atoms. The van der Waals surface area contributed by atoms with E-state index in [0.717, 1.165) is 22.6 Å². The van der Waals surface area contributed by atoms with Crippen LogP contribution in [0.15, 0.2) is 82.7 Å². The van der Waals surface area contributed by atoms with Crippen molar-refractivity contribution in [1.82, 2.24) is 4.90 Å². The monoisotopic (exact) mass is 510 g/mol. The molecule has 3 aromatic carbocycles. The Morgan fingerprint density at radius 3 is 2.38 bits per heavy atom. The van der Waals surface area contributed by atoms with Crippen molar-refractivity contribution in [2.45, 2.75) is 20.5 Å². The molecule has 0 saturated carbocycles. The zero-order valence-corrected chi connectivity index (χ0v) is 21.2. The Morgan fingerprint density at radius 1 is 1.00 bits per heavy atom. The van der Waals surface area contributed by atoms with Gasteiger partial charge in [0.05, 0.1) is 10.6 Å². The third-order valence-electron chi connectivity index (χ3n) is 5.02. The maximum Gasteiger partial charge on any atom is 0.266 e. The number of amidine groups is 1. The standard InChI is InChI=1S/C27H24Cl2N2O2S/c1-18(2)16-31-26(32)25(34-27(31)30-22-11-9-21(28)10-12-22)15-19-7-13-23(14-8-19)33-17-20-5-3-4-6-24(20)29/h3-15,18H,16-17H2,1-2H3/b25-15-,30-27?. The summed E-state index contributed by atoms with van der Waals surface area (Å²) in [5.74, 6) is 1.01. The lowest BCUT2D eigenvalue weighted by atomic mass is 10.2. The summed E-state index contributed by atoms with van der Waals surface area (Å²) in [5.41, 5.74) is 2.61. The van der Waals surface area contributed by atoms with Crippen molar-refractivity contribution in [2.75, 3.05) is 6.54 Å². The summed E-state index contributed by atoms with van der Waals surface area (Å²) < 4.78 is 5.86. The summed E-state index contributed by atoms with van der Waals surface area (Å²) in [5, 5.41) is 2.01. The first-order chi connectivity index (χ1) is 16.4. The first-order valence-corrected chi connectivity index (χ1v) is 12.5. The molecule has 0 atom stereocenters. The molecule has 7 heteroatoms. The SMILES string of the molecule is CC(C)CN1C(=O)/C(=C/c2ccc(OCc3ccccc3Cl)cc2)SC1=Nc1ccc(Cl)cc1. The van der Waals surface area contributed by atoms with E-state index in [9.17, 15) is 4.79 Å². The van der Waals surface area contributed by atoms with E-state index in [1.54, 1.807) is 17.0 Å². The molecule has 1 amide bonds. The Labute approximate surface area is 214 Å². The van der Waals surface area contributed by atoms with Gasteiger partial charge in [0.2, 0.25) is 0 Å². The fraction of sp³-hybridized carbons (Fsp3) is 0.185. The number of benzene rings is 3. The van der Waals surface area contributed by atoms with Gasteiger partial charge in [0.15, 0.2) is 5.17 Å². The minimum Gasteiger partial charge on any atom is -0.489 e. The van der Waals surface area contributed by atoms with Gasteiger partial charge in [-0.1, -0.05) is 67.4 Å². The van der Waals surface area contributed by atoms with Gasteiger partial charge in [-0.2, -0.15) is 0 Å². The van der Waals surface area contributed by atoms with Crippen LogP contribution in [0, 0.1) is 5.92 Å². The van der Waals surface area contributed by atoms with E-state index >= 15 is 0 Å². The number of rotatable bonds is 7. The largest absolute Gasteiger partial charge is 0.489 e. The van der Waals surface area contributed by atoms with Crippen LogP contribution in [0.4, 0.5) is 5.69 Å². The van der Waals surface area contributed by atoms with Gasteiger partial charge in [0, 0.05) is 22.2 Å². The van der Waals surface area contributed by atoms with Crippen molar-refractivity contribution in [3.05, 3.63) is 98.9 Å². The lowest BCUT2D eigenvalue weighted by Crippen LogP contribution is -2.32. The topological polar surface area (TPSA) is 41.9 Å². The molecule has 0 aliphatic carbocycles. The molecule has 1 saturated heterocycles. The van der Waals surface area contributed by atoms with Crippen LogP contribution >= 0.6 is 35.0 Å². The third-order valence-corrected chi connectivity index (χ3v) is 6.64. The molecule has 1 aliphatic heterocycles. The van der Waals surface area contributed by atoms with Crippen LogP contribution in [0.1, 0.15) is 25.0 Å². The Bertz CT molecular complexity index is 1220. The fourth-order valence-electron chi connectivity index (χ4n) is 3.33. The number of halogens is 2. The van der Waals surface area contributed by atoms with E-state index in [4.69, 9.17) is 32.9 Å². The molecule has 0 spiro atoms. The van der Waals surface area contributed by atoms with Crippen LogP contribution < -0.4 is 4.74 Å². The molecular formula is C27H24Cl2N2O2S. The van der Waals surface area contributed by atoms with Gasteiger partial charge in [-0.15, -0.1) is 0 Å². The van der Waals surface area contributed by atoms with Crippen molar-refractivity contribution in [3.8, 4) is 5.75 Å². The summed E-state index contributed by atoms with van der Waals surface area (Å²) >= 11 is 13.6. The average Bonchev–Trinajstić information content (AvgIpc) is 3.09. The zero-order chi connectivity index (χ0) is 24.1. The lowest BCUT2D eigenvalue weighted by molar-refractivity contribution is -0.122. The Balaban J connectivity index is 1.50. The van der Waals surface area contributed by atoms with Crippen molar-refractivity contribution >= 4 is 57.8 Å². The van der Waals surface area contributed by atoms with Crippen LogP contribution in [-0.4, -0.2) is 22.5 Å². The van der Waals surface area contributed by atoms with E-state index in [1.807, 2.05) is 66.7 Å². The Hall–Kier alpha value is -2.73. The predicted molar refractivity (Wildman–Crippen MR) is 143 cm³/mol. The maximum absolute atomic E-state index is 13.2. The first-order valence-electron chi connectivity index (χ1n) is 10.9. The van der Waals surface area contributed by atoms with Gasteiger partial charge in [-0.25, -0.2) is 4.99 Å². The van der Waals surface area contributed by atoms with E-state index in [-0.39, 0.29) is 5.91 Å². The summed E-state index contributed by atoms with van der Waals surface area (Å²) in [6, 6.07) is 22.5. The average molecular weight is 511 g/mol. The van der Waals surface area contributed by atoms with Gasteiger partial charge in [-0.3, -0.25) is 9.69 Å². The zero-order valence-electron chi connectivity index (χ0n) is 18.9. The minimum absolute atomic E-state index is 0.0366. The van der Waals surface area contributed by atoms with Crippen LogP contribution in [0.2, 0.25) is 10.0 Å². The van der Waals surface area contributed by atoms with Crippen LogP contribution in [0.25, 0.3) is 6.08 Å². The number of aliphatic imine (C=N–C) groups is 1.